The number of hydrogen-bond acceptors (Lipinski definition) is 6. The lowest BCUT2D eigenvalue weighted by Gasteiger charge is -2.39. The number of nitrogens with one attached hydrogen (secondary N) is 1. The molecule has 45 heavy (non-hydrogen) atoms. The number of likely N-dealkylation sites (tertiary alicyclic amines) is 1. The molecular formula is C35H39FN4O5. The first-order chi connectivity index (χ1) is 21.8. The number of amides is 2. The van der Waals surface area contributed by atoms with Crippen LogP contribution in [0.15, 0.2) is 91.5 Å². The van der Waals surface area contributed by atoms with Gasteiger partial charge in [0.2, 0.25) is 0 Å². The number of nitro benzene ring substituents is 1. The molecule has 0 spiro atoms. The number of hydrogen-bond donors (Lipinski definition) is 1. The molecule has 10 heteroatoms. The van der Waals surface area contributed by atoms with Gasteiger partial charge in [-0.25, -0.2) is 9.18 Å². The Balaban J connectivity index is 1.16. The lowest BCUT2D eigenvalue weighted by atomic mass is 9.88. The number of halogens is 1. The minimum atomic E-state index is -0.463. The predicted molar refractivity (Wildman–Crippen MR) is 169 cm³/mol. The largest absolute Gasteiger partial charge is 0.445 e. The fourth-order valence-corrected chi connectivity index (χ4v) is 6.62. The number of nitro groups is 1. The van der Waals surface area contributed by atoms with Crippen LogP contribution in [-0.4, -0.2) is 65.0 Å². The Labute approximate surface area is 262 Å². The lowest BCUT2D eigenvalue weighted by molar-refractivity contribution is -0.384. The fourth-order valence-electron chi connectivity index (χ4n) is 6.62. The zero-order chi connectivity index (χ0) is 31.8. The number of piperidine rings is 1. The van der Waals surface area contributed by atoms with E-state index in [1.807, 2.05) is 6.07 Å². The van der Waals surface area contributed by atoms with Crippen LogP contribution in [-0.2, 0) is 11.3 Å². The third kappa shape index (κ3) is 8.33. The molecule has 2 fully saturated rings. The van der Waals surface area contributed by atoms with E-state index in [0.29, 0.717) is 29.5 Å². The maximum atomic E-state index is 13.4. The Kier molecular flexibility index (Phi) is 10.6. The van der Waals surface area contributed by atoms with Crippen molar-refractivity contribution in [1.29, 1.82) is 0 Å². The summed E-state index contributed by atoms with van der Waals surface area (Å²) in [6.07, 6.45) is 4.56. The molecular weight excluding hydrogens is 575 g/mol. The van der Waals surface area contributed by atoms with Gasteiger partial charge in [-0.05, 0) is 85.0 Å². The van der Waals surface area contributed by atoms with Gasteiger partial charge in [0.25, 0.3) is 11.6 Å². The molecule has 2 aliphatic rings. The molecule has 1 heterocycles. The topological polar surface area (TPSA) is 105 Å². The molecule has 3 aromatic carbocycles. The van der Waals surface area contributed by atoms with Gasteiger partial charge in [0.05, 0.1) is 4.92 Å². The van der Waals surface area contributed by atoms with Crippen LogP contribution in [0.4, 0.5) is 14.9 Å². The van der Waals surface area contributed by atoms with Crippen molar-refractivity contribution in [3.63, 3.8) is 0 Å². The Morgan fingerprint density at radius 1 is 1.02 bits per heavy atom. The van der Waals surface area contributed by atoms with E-state index in [0.717, 1.165) is 45.3 Å². The maximum absolute atomic E-state index is 13.4. The summed E-state index contributed by atoms with van der Waals surface area (Å²) in [5, 5.41) is 14.1. The standard InChI is InChI=1S/C35H39FN4O5/c1-2-18-39(35(42)45-24-25-8-14-32(15-9-25)40(43)44)31-16-19-38(20-17-31)23-28-21-30(22-33(28)26-6-4-3-5-7-26)37-34(41)27-10-12-29(36)13-11-27/h2-15,28,30-31,33H,1,16-24H2,(H,37,41)/t28-,30+,33-/m1/s1. The Hall–Kier alpha value is -4.57. The van der Waals surface area contributed by atoms with Gasteiger partial charge in [0, 0.05) is 56.0 Å². The van der Waals surface area contributed by atoms with Crippen molar-refractivity contribution < 1.29 is 23.6 Å². The van der Waals surface area contributed by atoms with Crippen LogP contribution in [0.5, 0.6) is 0 Å². The summed E-state index contributed by atoms with van der Waals surface area (Å²) >= 11 is 0. The number of ether oxygens (including phenoxy) is 1. The SMILES string of the molecule is C=CCN(C(=O)OCc1ccc([N+](=O)[O-])cc1)C1CCN(C[C@H]2C[C@H](NC(=O)c3ccc(F)cc3)C[C@@H]2c2ccccc2)CC1. The number of non-ortho nitro benzene ring substituents is 1. The van der Waals surface area contributed by atoms with Crippen LogP contribution in [0.2, 0.25) is 0 Å². The molecule has 1 saturated carbocycles. The van der Waals surface area contributed by atoms with Gasteiger partial charge in [-0.2, -0.15) is 0 Å². The van der Waals surface area contributed by atoms with Gasteiger partial charge in [-0.3, -0.25) is 14.9 Å². The number of carbonyl (C=O) groups excluding carboxylic acids is 2. The summed E-state index contributed by atoms with van der Waals surface area (Å²) in [4.78, 5) is 40.6. The molecule has 0 unspecified atom stereocenters. The predicted octanol–water partition coefficient (Wildman–Crippen LogP) is 6.32. The van der Waals surface area contributed by atoms with Gasteiger partial charge in [0.15, 0.2) is 0 Å². The molecule has 236 valence electrons. The summed E-state index contributed by atoms with van der Waals surface area (Å²) in [5.41, 5.74) is 2.39. The molecule has 3 atom stereocenters. The third-order valence-electron chi connectivity index (χ3n) is 8.92. The Morgan fingerprint density at radius 2 is 1.71 bits per heavy atom. The highest BCUT2D eigenvalue weighted by atomic mass is 19.1. The van der Waals surface area contributed by atoms with Crippen LogP contribution in [0.25, 0.3) is 0 Å². The highest BCUT2D eigenvalue weighted by Crippen LogP contribution is 2.41. The van der Waals surface area contributed by atoms with E-state index >= 15 is 0 Å². The summed E-state index contributed by atoms with van der Waals surface area (Å²) < 4.78 is 18.9. The average molecular weight is 615 g/mol. The van der Waals surface area contributed by atoms with Gasteiger partial charge < -0.3 is 19.9 Å². The molecule has 1 N–H and O–H groups in total. The second-order valence-corrected chi connectivity index (χ2v) is 11.9. The molecule has 3 aromatic rings. The number of carbonyl (C=O) groups is 2. The van der Waals surface area contributed by atoms with Gasteiger partial charge in [-0.15, -0.1) is 6.58 Å². The molecule has 1 aliphatic carbocycles. The van der Waals surface area contributed by atoms with Crippen molar-refractivity contribution in [2.45, 2.75) is 50.3 Å². The molecule has 1 aliphatic heterocycles. The minimum Gasteiger partial charge on any atom is -0.445 e. The Bertz CT molecular complexity index is 1460. The number of rotatable bonds is 11. The maximum Gasteiger partial charge on any atom is 0.410 e. The van der Waals surface area contributed by atoms with Crippen LogP contribution in [0, 0.1) is 21.8 Å². The quantitative estimate of drug-likeness (QED) is 0.154. The smallest absolute Gasteiger partial charge is 0.410 e. The summed E-state index contributed by atoms with van der Waals surface area (Å²) in [7, 11) is 0. The summed E-state index contributed by atoms with van der Waals surface area (Å²) in [5.74, 6) is 0.0932. The van der Waals surface area contributed by atoms with Gasteiger partial charge >= 0.3 is 6.09 Å². The molecule has 1 saturated heterocycles. The monoisotopic (exact) mass is 614 g/mol. The van der Waals surface area contributed by atoms with Crippen LogP contribution in [0.3, 0.4) is 0 Å². The highest BCUT2D eigenvalue weighted by molar-refractivity contribution is 5.94. The average Bonchev–Trinajstić information content (AvgIpc) is 3.45. The number of benzene rings is 3. The van der Waals surface area contributed by atoms with Gasteiger partial charge in [0.1, 0.15) is 12.4 Å². The van der Waals surface area contributed by atoms with Crippen molar-refractivity contribution >= 4 is 17.7 Å². The molecule has 0 radical (unpaired) electrons. The van der Waals surface area contributed by atoms with E-state index in [9.17, 15) is 24.1 Å². The summed E-state index contributed by atoms with van der Waals surface area (Å²) in [6.45, 7) is 6.78. The molecule has 2 amide bonds. The second kappa shape index (κ2) is 14.9. The first kappa shape index (κ1) is 31.8. The van der Waals surface area contributed by atoms with Crippen LogP contribution >= 0.6 is 0 Å². The molecule has 5 rings (SSSR count). The van der Waals surface area contributed by atoms with Crippen molar-refractivity contribution in [2.75, 3.05) is 26.2 Å². The van der Waals surface area contributed by atoms with Crippen LogP contribution in [0.1, 0.15) is 53.1 Å². The van der Waals surface area contributed by atoms with Gasteiger partial charge in [-0.1, -0.05) is 36.4 Å². The van der Waals surface area contributed by atoms with Crippen LogP contribution < -0.4 is 5.32 Å². The fraction of sp³-hybridized carbons (Fsp3) is 0.371. The molecule has 0 aromatic heterocycles. The zero-order valence-corrected chi connectivity index (χ0v) is 25.2. The van der Waals surface area contributed by atoms with E-state index in [1.165, 1.54) is 42.0 Å². The highest BCUT2D eigenvalue weighted by Gasteiger charge is 2.38. The second-order valence-electron chi connectivity index (χ2n) is 11.9. The molecule has 0 bridgehead atoms. The minimum absolute atomic E-state index is 0.0110. The summed E-state index contributed by atoms with van der Waals surface area (Å²) in [6, 6.07) is 22.1. The van der Waals surface area contributed by atoms with Crippen molar-refractivity contribution in [2.24, 2.45) is 5.92 Å². The van der Waals surface area contributed by atoms with Crippen molar-refractivity contribution in [1.82, 2.24) is 15.1 Å². The van der Waals surface area contributed by atoms with Crippen molar-refractivity contribution in [3.8, 4) is 0 Å². The van der Waals surface area contributed by atoms with Crippen molar-refractivity contribution in [3.05, 3.63) is 124 Å². The van der Waals surface area contributed by atoms with E-state index in [-0.39, 0.29) is 36.1 Å². The van der Waals surface area contributed by atoms with E-state index in [4.69, 9.17) is 4.74 Å². The molecule has 9 nitrogen and oxygen atoms in total. The first-order valence-corrected chi connectivity index (χ1v) is 15.4. The Morgan fingerprint density at radius 3 is 2.36 bits per heavy atom. The van der Waals surface area contributed by atoms with E-state index < -0.39 is 11.0 Å². The van der Waals surface area contributed by atoms with E-state index in [2.05, 4.69) is 41.1 Å². The third-order valence-corrected chi connectivity index (χ3v) is 8.92. The van der Waals surface area contributed by atoms with E-state index in [1.54, 1.807) is 23.1 Å². The first-order valence-electron chi connectivity index (χ1n) is 15.4. The lowest BCUT2D eigenvalue weighted by Crippen LogP contribution is -2.48. The normalized spacial score (nSPS) is 20.3. The number of nitrogens with zero attached hydrogens (tertiary/aromatic N) is 3. The zero-order valence-electron chi connectivity index (χ0n) is 25.2.